The smallest absolute Gasteiger partial charge is 0.320 e. The van der Waals surface area contributed by atoms with Gasteiger partial charge in [0.15, 0.2) is 0 Å². The Hall–Kier alpha value is -1.10. The molecular formula is C10H19NO4. The molecule has 3 N–H and O–H groups in total. The van der Waals surface area contributed by atoms with Gasteiger partial charge in [-0.1, -0.05) is 19.8 Å². The van der Waals surface area contributed by atoms with Crippen LogP contribution < -0.4 is 5.32 Å². The van der Waals surface area contributed by atoms with Crippen molar-refractivity contribution in [1.82, 2.24) is 5.32 Å². The molecule has 0 bridgehead atoms. The van der Waals surface area contributed by atoms with Crippen LogP contribution in [0.1, 0.15) is 39.0 Å². The molecular weight excluding hydrogens is 198 g/mol. The first-order chi connectivity index (χ1) is 7.07. The molecule has 0 aromatic rings. The Bertz CT molecular complexity index is 206. The van der Waals surface area contributed by atoms with Crippen molar-refractivity contribution in [2.45, 2.75) is 45.1 Å². The van der Waals surface area contributed by atoms with Gasteiger partial charge in [-0.25, -0.2) is 0 Å². The van der Waals surface area contributed by atoms with E-state index in [-0.39, 0.29) is 12.8 Å². The minimum Gasteiger partial charge on any atom is -0.481 e. The zero-order valence-corrected chi connectivity index (χ0v) is 9.03. The van der Waals surface area contributed by atoms with E-state index in [1.54, 1.807) is 0 Å². The second kappa shape index (κ2) is 8.23. The fourth-order valence-corrected chi connectivity index (χ4v) is 1.23. The van der Waals surface area contributed by atoms with Crippen molar-refractivity contribution < 1.29 is 19.8 Å². The first kappa shape index (κ1) is 13.9. The van der Waals surface area contributed by atoms with Crippen LogP contribution >= 0.6 is 0 Å². The molecule has 0 radical (unpaired) electrons. The molecule has 0 aliphatic carbocycles. The third-order valence-corrected chi connectivity index (χ3v) is 2.12. The number of nitrogens with one attached hydrogen (secondary N) is 1. The second-order valence-electron chi connectivity index (χ2n) is 3.48. The molecule has 0 aliphatic rings. The zero-order valence-electron chi connectivity index (χ0n) is 9.03. The third kappa shape index (κ3) is 7.93. The van der Waals surface area contributed by atoms with Crippen LogP contribution in [0.15, 0.2) is 0 Å². The molecule has 15 heavy (non-hydrogen) atoms. The summed E-state index contributed by atoms with van der Waals surface area (Å²) in [7, 11) is 0. The maximum atomic E-state index is 10.7. The predicted molar refractivity (Wildman–Crippen MR) is 55.8 cm³/mol. The number of rotatable bonds is 9. The normalized spacial score (nSPS) is 12.3. The summed E-state index contributed by atoms with van der Waals surface area (Å²) in [5.41, 5.74) is 0. The molecule has 5 heteroatoms. The summed E-state index contributed by atoms with van der Waals surface area (Å²) in [6.45, 7) is 2.70. The van der Waals surface area contributed by atoms with Gasteiger partial charge >= 0.3 is 11.9 Å². The van der Waals surface area contributed by atoms with E-state index in [2.05, 4.69) is 12.2 Å². The highest BCUT2D eigenvalue weighted by atomic mass is 16.4. The molecule has 0 aliphatic heterocycles. The summed E-state index contributed by atoms with van der Waals surface area (Å²) in [6, 6.07) is -0.738. The Kier molecular flexibility index (Phi) is 7.62. The fourth-order valence-electron chi connectivity index (χ4n) is 1.23. The minimum absolute atomic E-state index is 0.113. The van der Waals surface area contributed by atoms with E-state index in [0.29, 0.717) is 6.54 Å². The first-order valence-corrected chi connectivity index (χ1v) is 5.26. The van der Waals surface area contributed by atoms with Gasteiger partial charge in [0, 0.05) is 6.42 Å². The van der Waals surface area contributed by atoms with Crippen LogP contribution in [-0.4, -0.2) is 34.7 Å². The largest absolute Gasteiger partial charge is 0.481 e. The van der Waals surface area contributed by atoms with Crippen LogP contribution in [0.25, 0.3) is 0 Å². The Balaban J connectivity index is 3.73. The first-order valence-electron chi connectivity index (χ1n) is 5.26. The van der Waals surface area contributed by atoms with Crippen LogP contribution in [0.3, 0.4) is 0 Å². The number of carboxylic acid groups (broad SMARTS) is 2. The van der Waals surface area contributed by atoms with Crippen LogP contribution in [0.2, 0.25) is 0 Å². The average Bonchev–Trinajstić information content (AvgIpc) is 2.15. The van der Waals surface area contributed by atoms with Crippen LogP contribution in [-0.2, 0) is 9.59 Å². The van der Waals surface area contributed by atoms with Gasteiger partial charge < -0.3 is 15.5 Å². The lowest BCUT2D eigenvalue weighted by Gasteiger charge is -2.12. The van der Waals surface area contributed by atoms with Gasteiger partial charge in [0.1, 0.15) is 6.04 Å². The molecule has 0 rings (SSSR count). The van der Waals surface area contributed by atoms with E-state index in [9.17, 15) is 9.59 Å². The zero-order chi connectivity index (χ0) is 11.7. The predicted octanol–water partition coefficient (Wildman–Crippen LogP) is 1.08. The minimum atomic E-state index is -0.979. The SMILES string of the molecule is CCCCCNC(CCC(=O)O)C(=O)O. The van der Waals surface area contributed by atoms with Gasteiger partial charge in [0.2, 0.25) is 0 Å². The number of unbranched alkanes of at least 4 members (excludes halogenated alkanes) is 2. The molecule has 0 heterocycles. The highest BCUT2D eigenvalue weighted by Gasteiger charge is 2.17. The summed E-state index contributed by atoms with van der Waals surface area (Å²) in [5.74, 6) is -1.94. The number of carboxylic acids is 2. The number of aliphatic carboxylic acids is 2. The van der Waals surface area contributed by atoms with E-state index >= 15 is 0 Å². The van der Waals surface area contributed by atoms with Crippen molar-refractivity contribution in [1.29, 1.82) is 0 Å². The summed E-state index contributed by atoms with van der Waals surface area (Å²) < 4.78 is 0. The molecule has 0 aromatic carbocycles. The Morgan fingerprint density at radius 1 is 1.27 bits per heavy atom. The lowest BCUT2D eigenvalue weighted by atomic mass is 10.1. The van der Waals surface area contributed by atoms with Crippen molar-refractivity contribution in [2.75, 3.05) is 6.54 Å². The molecule has 0 fully saturated rings. The lowest BCUT2D eigenvalue weighted by molar-refractivity contribution is -0.140. The van der Waals surface area contributed by atoms with Crippen LogP contribution in [0.4, 0.5) is 0 Å². The van der Waals surface area contributed by atoms with E-state index in [4.69, 9.17) is 10.2 Å². The van der Waals surface area contributed by atoms with Crippen molar-refractivity contribution in [3.8, 4) is 0 Å². The highest BCUT2D eigenvalue weighted by molar-refractivity contribution is 5.75. The highest BCUT2D eigenvalue weighted by Crippen LogP contribution is 1.99. The average molecular weight is 217 g/mol. The number of carbonyl (C=O) groups is 2. The van der Waals surface area contributed by atoms with Crippen molar-refractivity contribution in [3.63, 3.8) is 0 Å². The molecule has 0 aromatic heterocycles. The number of hydrogen-bond donors (Lipinski definition) is 3. The number of hydrogen-bond acceptors (Lipinski definition) is 3. The summed E-state index contributed by atoms with van der Waals surface area (Å²) in [4.78, 5) is 21.0. The molecule has 88 valence electrons. The maximum absolute atomic E-state index is 10.7. The summed E-state index contributed by atoms with van der Waals surface area (Å²) in [5, 5.41) is 20.1. The Morgan fingerprint density at radius 2 is 1.93 bits per heavy atom. The van der Waals surface area contributed by atoms with Crippen molar-refractivity contribution in [3.05, 3.63) is 0 Å². The molecule has 1 unspecified atom stereocenters. The van der Waals surface area contributed by atoms with Crippen molar-refractivity contribution in [2.24, 2.45) is 0 Å². The second-order valence-corrected chi connectivity index (χ2v) is 3.48. The van der Waals surface area contributed by atoms with Gasteiger partial charge in [0.05, 0.1) is 0 Å². The van der Waals surface area contributed by atoms with Crippen molar-refractivity contribution >= 4 is 11.9 Å². The third-order valence-electron chi connectivity index (χ3n) is 2.12. The van der Waals surface area contributed by atoms with Gasteiger partial charge in [0.25, 0.3) is 0 Å². The van der Waals surface area contributed by atoms with Gasteiger partial charge in [-0.2, -0.15) is 0 Å². The van der Waals surface area contributed by atoms with Gasteiger partial charge in [-0.3, -0.25) is 9.59 Å². The standard InChI is InChI=1S/C10H19NO4/c1-2-3-4-7-11-8(10(14)15)5-6-9(12)13/h8,11H,2-7H2,1H3,(H,12,13)(H,14,15). The molecule has 1 atom stereocenters. The van der Waals surface area contributed by atoms with Gasteiger partial charge in [-0.05, 0) is 19.4 Å². The Labute approximate surface area is 89.5 Å². The molecule has 0 saturated carbocycles. The van der Waals surface area contributed by atoms with E-state index in [1.165, 1.54) is 0 Å². The lowest BCUT2D eigenvalue weighted by Crippen LogP contribution is -2.37. The summed E-state index contributed by atoms with van der Waals surface area (Å²) in [6.07, 6.45) is 3.08. The summed E-state index contributed by atoms with van der Waals surface area (Å²) >= 11 is 0. The van der Waals surface area contributed by atoms with E-state index in [0.717, 1.165) is 19.3 Å². The Morgan fingerprint density at radius 3 is 2.40 bits per heavy atom. The molecule has 0 spiro atoms. The molecule has 0 amide bonds. The molecule has 5 nitrogen and oxygen atoms in total. The fraction of sp³-hybridized carbons (Fsp3) is 0.800. The van der Waals surface area contributed by atoms with E-state index in [1.807, 2.05) is 0 Å². The van der Waals surface area contributed by atoms with Crippen LogP contribution in [0, 0.1) is 0 Å². The monoisotopic (exact) mass is 217 g/mol. The molecule has 0 saturated heterocycles. The van der Waals surface area contributed by atoms with Gasteiger partial charge in [-0.15, -0.1) is 0 Å². The maximum Gasteiger partial charge on any atom is 0.320 e. The van der Waals surface area contributed by atoms with E-state index < -0.39 is 18.0 Å². The van der Waals surface area contributed by atoms with Crippen LogP contribution in [0.5, 0.6) is 0 Å². The topological polar surface area (TPSA) is 86.6 Å². The quantitative estimate of drug-likeness (QED) is 0.503.